The molecular weight excluding hydrogens is 144 g/mol. The summed E-state index contributed by atoms with van der Waals surface area (Å²) in [7, 11) is 0. The Bertz CT molecular complexity index is 270. The standard InChI is InChI=1S/C7H6N2S/c1-2-6-4-8-5-9-7(6)10-3-1/h1-2,4-5H,3H2. The van der Waals surface area contributed by atoms with Crippen molar-refractivity contribution in [3.63, 3.8) is 0 Å². The lowest BCUT2D eigenvalue weighted by atomic mass is 10.3. The fourth-order valence-corrected chi connectivity index (χ4v) is 1.63. The Morgan fingerprint density at radius 3 is 3.40 bits per heavy atom. The number of thioether (sulfide) groups is 1. The van der Waals surface area contributed by atoms with Crippen LogP contribution in [0.4, 0.5) is 0 Å². The van der Waals surface area contributed by atoms with Gasteiger partial charge in [0.05, 0.1) is 0 Å². The smallest absolute Gasteiger partial charge is 0.116 e. The quantitative estimate of drug-likeness (QED) is 0.525. The molecule has 2 heterocycles. The summed E-state index contributed by atoms with van der Waals surface area (Å²) >= 11 is 1.75. The van der Waals surface area contributed by atoms with E-state index in [2.05, 4.69) is 22.1 Å². The van der Waals surface area contributed by atoms with E-state index in [9.17, 15) is 0 Å². The summed E-state index contributed by atoms with van der Waals surface area (Å²) in [6.45, 7) is 0. The third kappa shape index (κ3) is 0.926. The van der Waals surface area contributed by atoms with Crippen molar-refractivity contribution in [1.82, 2.24) is 9.97 Å². The van der Waals surface area contributed by atoms with Crippen LogP contribution in [0.3, 0.4) is 0 Å². The van der Waals surface area contributed by atoms with Crippen molar-refractivity contribution >= 4 is 17.8 Å². The van der Waals surface area contributed by atoms with E-state index in [1.165, 1.54) is 0 Å². The van der Waals surface area contributed by atoms with Gasteiger partial charge >= 0.3 is 0 Å². The predicted octanol–water partition coefficient (Wildman–Crippen LogP) is 1.60. The third-order valence-electron chi connectivity index (χ3n) is 1.32. The van der Waals surface area contributed by atoms with Crippen LogP contribution in [0.2, 0.25) is 0 Å². The first-order valence-electron chi connectivity index (χ1n) is 3.06. The molecule has 0 saturated heterocycles. The zero-order valence-electron chi connectivity index (χ0n) is 5.32. The molecule has 0 N–H and O–H groups in total. The molecule has 50 valence electrons. The van der Waals surface area contributed by atoms with E-state index < -0.39 is 0 Å². The summed E-state index contributed by atoms with van der Waals surface area (Å²) < 4.78 is 0. The number of hydrogen-bond acceptors (Lipinski definition) is 3. The highest BCUT2D eigenvalue weighted by Crippen LogP contribution is 2.24. The Balaban J connectivity index is 2.54. The Hall–Kier alpha value is -0.830. The van der Waals surface area contributed by atoms with Gasteiger partial charge in [-0.2, -0.15) is 0 Å². The summed E-state index contributed by atoms with van der Waals surface area (Å²) in [4.78, 5) is 8.04. The summed E-state index contributed by atoms with van der Waals surface area (Å²) in [6, 6.07) is 0. The normalized spacial score (nSPS) is 14.8. The number of hydrogen-bond donors (Lipinski definition) is 0. The van der Waals surface area contributed by atoms with Gasteiger partial charge in [0.25, 0.3) is 0 Å². The molecule has 1 aliphatic heterocycles. The van der Waals surface area contributed by atoms with Crippen molar-refractivity contribution in [2.45, 2.75) is 5.03 Å². The minimum absolute atomic E-state index is 1.03. The van der Waals surface area contributed by atoms with Crippen molar-refractivity contribution in [3.05, 3.63) is 24.2 Å². The van der Waals surface area contributed by atoms with E-state index in [1.54, 1.807) is 18.1 Å². The van der Waals surface area contributed by atoms with E-state index in [0.29, 0.717) is 0 Å². The van der Waals surface area contributed by atoms with Crippen LogP contribution in [0.25, 0.3) is 6.08 Å². The molecule has 0 bridgehead atoms. The van der Waals surface area contributed by atoms with Gasteiger partial charge in [-0.1, -0.05) is 12.2 Å². The van der Waals surface area contributed by atoms with Gasteiger partial charge < -0.3 is 0 Å². The molecule has 1 aromatic rings. The number of fused-ring (bicyclic) bond motifs is 1. The highest BCUT2D eigenvalue weighted by molar-refractivity contribution is 7.99. The second kappa shape index (κ2) is 2.42. The van der Waals surface area contributed by atoms with Gasteiger partial charge in [0, 0.05) is 17.5 Å². The maximum absolute atomic E-state index is 4.12. The van der Waals surface area contributed by atoms with Crippen LogP contribution in [-0.4, -0.2) is 15.7 Å². The highest BCUT2D eigenvalue weighted by atomic mass is 32.2. The molecule has 0 aliphatic carbocycles. The first kappa shape index (κ1) is 5.92. The highest BCUT2D eigenvalue weighted by Gasteiger charge is 2.03. The van der Waals surface area contributed by atoms with Crippen molar-refractivity contribution < 1.29 is 0 Å². The first-order chi connectivity index (χ1) is 4.97. The average molecular weight is 150 g/mol. The van der Waals surface area contributed by atoms with E-state index >= 15 is 0 Å². The summed E-state index contributed by atoms with van der Waals surface area (Å²) in [5.41, 5.74) is 1.14. The predicted molar refractivity (Wildman–Crippen MR) is 41.8 cm³/mol. The second-order valence-corrected chi connectivity index (χ2v) is 3.01. The van der Waals surface area contributed by atoms with Crippen LogP contribution < -0.4 is 0 Å². The zero-order chi connectivity index (χ0) is 6.81. The third-order valence-corrected chi connectivity index (χ3v) is 2.29. The van der Waals surface area contributed by atoms with Gasteiger partial charge in [0.15, 0.2) is 0 Å². The SMILES string of the molecule is C1=Cc2cncnc2SC1. The molecule has 1 aliphatic rings. The summed E-state index contributed by atoms with van der Waals surface area (Å²) in [5.74, 6) is 1.03. The van der Waals surface area contributed by atoms with E-state index in [1.807, 2.05) is 6.20 Å². The second-order valence-electron chi connectivity index (χ2n) is 2.00. The molecule has 1 aromatic heterocycles. The molecule has 2 nitrogen and oxygen atoms in total. The number of rotatable bonds is 0. The Morgan fingerprint density at radius 2 is 2.50 bits per heavy atom. The lowest BCUT2D eigenvalue weighted by molar-refractivity contribution is 1.03. The van der Waals surface area contributed by atoms with E-state index in [4.69, 9.17) is 0 Å². The Morgan fingerprint density at radius 1 is 1.50 bits per heavy atom. The molecule has 0 radical (unpaired) electrons. The molecule has 0 unspecified atom stereocenters. The minimum atomic E-state index is 1.03. The van der Waals surface area contributed by atoms with Crippen LogP contribution in [-0.2, 0) is 0 Å². The van der Waals surface area contributed by atoms with Gasteiger partial charge in [-0.25, -0.2) is 9.97 Å². The van der Waals surface area contributed by atoms with Crippen LogP contribution in [0.5, 0.6) is 0 Å². The molecule has 0 amide bonds. The molecule has 2 rings (SSSR count). The molecule has 0 atom stereocenters. The van der Waals surface area contributed by atoms with Gasteiger partial charge in [0.2, 0.25) is 0 Å². The number of aromatic nitrogens is 2. The fraction of sp³-hybridized carbons (Fsp3) is 0.143. The van der Waals surface area contributed by atoms with Crippen LogP contribution in [0.15, 0.2) is 23.6 Å². The van der Waals surface area contributed by atoms with Crippen molar-refractivity contribution in [1.29, 1.82) is 0 Å². The maximum atomic E-state index is 4.12. The lowest BCUT2D eigenvalue weighted by Gasteiger charge is -2.05. The first-order valence-corrected chi connectivity index (χ1v) is 4.05. The van der Waals surface area contributed by atoms with Crippen LogP contribution in [0.1, 0.15) is 5.56 Å². The van der Waals surface area contributed by atoms with E-state index in [-0.39, 0.29) is 0 Å². The van der Waals surface area contributed by atoms with Gasteiger partial charge in [-0.3, -0.25) is 0 Å². The Labute approximate surface area is 63.4 Å². The summed E-state index contributed by atoms with van der Waals surface area (Å²) in [5, 5.41) is 1.09. The largest absolute Gasteiger partial charge is 0.244 e. The molecule has 0 fully saturated rings. The van der Waals surface area contributed by atoms with Gasteiger partial charge in [0.1, 0.15) is 11.4 Å². The van der Waals surface area contributed by atoms with Gasteiger partial charge in [-0.15, -0.1) is 11.8 Å². The Kier molecular flexibility index (Phi) is 1.43. The molecule has 0 saturated carbocycles. The van der Waals surface area contributed by atoms with Crippen LogP contribution in [0, 0.1) is 0 Å². The average Bonchev–Trinajstić information content (AvgIpc) is 2.05. The molecule has 0 spiro atoms. The number of nitrogens with zero attached hydrogens (tertiary/aromatic N) is 2. The zero-order valence-corrected chi connectivity index (χ0v) is 6.14. The van der Waals surface area contributed by atoms with Crippen molar-refractivity contribution in [2.75, 3.05) is 5.75 Å². The maximum Gasteiger partial charge on any atom is 0.116 e. The summed E-state index contributed by atoms with van der Waals surface area (Å²) in [6.07, 6.45) is 7.61. The monoisotopic (exact) mass is 150 g/mol. The fourth-order valence-electron chi connectivity index (χ4n) is 0.866. The molecule has 3 heteroatoms. The van der Waals surface area contributed by atoms with Crippen molar-refractivity contribution in [3.8, 4) is 0 Å². The topological polar surface area (TPSA) is 25.8 Å². The van der Waals surface area contributed by atoms with Crippen LogP contribution >= 0.6 is 11.8 Å². The molecule has 10 heavy (non-hydrogen) atoms. The lowest BCUT2D eigenvalue weighted by Crippen LogP contribution is -1.91. The van der Waals surface area contributed by atoms with Crippen molar-refractivity contribution in [2.24, 2.45) is 0 Å². The van der Waals surface area contributed by atoms with E-state index in [0.717, 1.165) is 16.3 Å². The molecule has 0 aromatic carbocycles. The molecular formula is C7H6N2S. The van der Waals surface area contributed by atoms with Gasteiger partial charge in [-0.05, 0) is 0 Å². The minimum Gasteiger partial charge on any atom is -0.244 e.